The van der Waals surface area contributed by atoms with E-state index in [0.29, 0.717) is 21.3 Å². The van der Waals surface area contributed by atoms with Gasteiger partial charge in [0.05, 0.1) is 10.0 Å². The number of carbonyl (C=O) groups is 1. The zero-order valence-electron chi connectivity index (χ0n) is 7.87. The van der Waals surface area contributed by atoms with E-state index in [1.165, 1.54) is 0 Å². The van der Waals surface area contributed by atoms with Crippen LogP contribution in [0.4, 0.5) is 0 Å². The minimum atomic E-state index is -0.658. The van der Waals surface area contributed by atoms with Crippen LogP contribution in [0.3, 0.4) is 0 Å². The number of primary amides is 1. The van der Waals surface area contributed by atoms with Gasteiger partial charge < -0.3 is 5.73 Å². The molecule has 2 rings (SSSR count). The van der Waals surface area contributed by atoms with Gasteiger partial charge in [0.2, 0.25) is 0 Å². The molecule has 0 bridgehead atoms. The normalized spacial score (nSPS) is 10.4. The van der Waals surface area contributed by atoms with Gasteiger partial charge in [-0.2, -0.15) is 15.4 Å². The Hall–Kier alpha value is -1.59. The number of hydrogen-bond acceptors (Lipinski definition) is 3. The quantitative estimate of drug-likeness (QED) is 0.861. The molecule has 16 heavy (non-hydrogen) atoms. The van der Waals surface area contributed by atoms with E-state index >= 15 is 0 Å². The molecule has 0 atom stereocenters. The fraction of sp³-hybridized carbons (Fsp3) is 0. The van der Waals surface area contributed by atoms with E-state index in [2.05, 4.69) is 15.4 Å². The molecule has 0 spiro atoms. The minimum absolute atomic E-state index is 0.0680. The van der Waals surface area contributed by atoms with Crippen LogP contribution < -0.4 is 5.73 Å². The van der Waals surface area contributed by atoms with Crippen LogP contribution in [0.5, 0.6) is 0 Å². The number of amides is 1. The predicted molar refractivity (Wildman–Crippen MR) is 60.4 cm³/mol. The first kappa shape index (κ1) is 10.9. The molecular weight excluding hydrogens is 251 g/mol. The third kappa shape index (κ3) is 1.87. The van der Waals surface area contributed by atoms with Crippen LogP contribution in [0.15, 0.2) is 18.2 Å². The lowest BCUT2D eigenvalue weighted by Gasteiger charge is -2.00. The molecule has 0 fully saturated rings. The van der Waals surface area contributed by atoms with Gasteiger partial charge >= 0.3 is 0 Å². The molecule has 7 heteroatoms. The van der Waals surface area contributed by atoms with Crippen LogP contribution >= 0.6 is 23.2 Å². The number of aromatic nitrogens is 3. The fourth-order valence-electron chi connectivity index (χ4n) is 1.25. The van der Waals surface area contributed by atoms with Crippen molar-refractivity contribution in [2.75, 3.05) is 0 Å². The van der Waals surface area contributed by atoms with Crippen molar-refractivity contribution in [2.24, 2.45) is 5.73 Å². The summed E-state index contributed by atoms with van der Waals surface area (Å²) in [6, 6.07) is 4.88. The van der Waals surface area contributed by atoms with Gasteiger partial charge in [0.1, 0.15) is 5.69 Å². The van der Waals surface area contributed by atoms with E-state index in [4.69, 9.17) is 28.9 Å². The Morgan fingerprint density at radius 3 is 2.62 bits per heavy atom. The van der Waals surface area contributed by atoms with Gasteiger partial charge in [-0.1, -0.05) is 29.3 Å². The van der Waals surface area contributed by atoms with Crippen LogP contribution in [-0.4, -0.2) is 21.3 Å². The van der Waals surface area contributed by atoms with E-state index in [0.717, 1.165) is 0 Å². The SMILES string of the molecule is NC(=O)c1n[nH]nc1-c1ccc(Cl)c(Cl)c1. The second-order valence-corrected chi connectivity index (χ2v) is 3.83. The second kappa shape index (κ2) is 4.11. The largest absolute Gasteiger partial charge is 0.364 e. The lowest BCUT2D eigenvalue weighted by molar-refractivity contribution is 0.0996. The summed E-state index contributed by atoms with van der Waals surface area (Å²) in [7, 11) is 0. The molecular formula is C9H6Cl2N4O. The van der Waals surface area contributed by atoms with E-state index in [1.54, 1.807) is 18.2 Å². The summed E-state index contributed by atoms with van der Waals surface area (Å²) in [5, 5.41) is 10.6. The highest BCUT2D eigenvalue weighted by Crippen LogP contribution is 2.28. The summed E-state index contributed by atoms with van der Waals surface area (Å²) in [6.07, 6.45) is 0. The molecule has 0 saturated carbocycles. The van der Waals surface area contributed by atoms with Crippen LogP contribution in [-0.2, 0) is 0 Å². The topological polar surface area (TPSA) is 84.7 Å². The Labute approximate surface area is 101 Å². The first-order valence-electron chi connectivity index (χ1n) is 4.25. The minimum Gasteiger partial charge on any atom is -0.364 e. The number of hydrogen-bond donors (Lipinski definition) is 2. The third-order valence-electron chi connectivity index (χ3n) is 1.97. The third-order valence-corrected chi connectivity index (χ3v) is 2.71. The summed E-state index contributed by atoms with van der Waals surface area (Å²) in [4.78, 5) is 11.0. The highest BCUT2D eigenvalue weighted by Gasteiger charge is 2.15. The number of nitrogens with two attached hydrogens (primary N) is 1. The maximum absolute atomic E-state index is 11.0. The van der Waals surface area contributed by atoms with Gasteiger partial charge in [-0.25, -0.2) is 0 Å². The first-order chi connectivity index (χ1) is 7.59. The average molecular weight is 257 g/mol. The molecule has 1 aromatic carbocycles. The molecule has 0 aliphatic carbocycles. The summed E-state index contributed by atoms with van der Waals surface area (Å²) in [5.74, 6) is -0.658. The average Bonchev–Trinajstić information content (AvgIpc) is 2.71. The molecule has 0 radical (unpaired) electrons. The number of H-pyrrole nitrogens is 1. The Morgan fingerprint density at radius 2 is 2.00 bits per heavy atom. The number of carbonyl (C=O) groups excluding carboxylic acids is 1. The molecule has 0 saturated heterocycles. The summed E-state index contributed by atoms with van der Waals surface area (Å²) >= 11 is 11.6. The van der Waals surface area contributed by atoms with Gasteiger partial charge in [0.15, 0.2) is 5.69 Å². The molecule has 2 aromatic rings. The Morgan fingerprint density at radius 1 is 1.25 bits per heavy atom. The van der Waals surface area contributed by atoms with E-state index in [9.17, 15) is 4.79 Å². The number of rotatable bonds is 2. The highest BCUT2D eigenvalue weighted by molar-refractivity contribution is 6.42. The van der Waals surface area contributed by atoms with Gasteiger partial charge in [-0.3, -0.25) is 4.79 Å². The number of aromatic amines is 1. The van der Waals surface area contributed by atoms with Crippen molar-refractivity contribution in [1.82, 2.24) is 15.4 Å². The van der Waals surface area contributed by atoms with Crippen molar-refractivity contribution in [2.45, 2.75) is 0 Å². The molecule has 0 unspecified atom stereocenters. The Kier molecular flexibility index (Phi) is 2.80. The maximum Gasteiger partial charge on any atom is 0.271 e. The molecule has 82 valence electrons. The molecule has 3 N–H and O–H groups in total. The number of benzene rings is 1. The molecule has 0 aliphatic rings. The Balaban J connectivity index is 2.54. The first-order valence-corrected chi connectivity index (χ1v) is 5.01. The molecule has 1 heterocycles. The molecule has 1 aromatic heterocycles. The van der Waals surface area contributed by atoms with Crippen molar-refractivity contribution < 1.29 is 4.79 Å². The zero-order valence-corrected chi connectivity index (χ0v) is 9.38. The van der Waals surface area contributed by atoms with Crippen LogP contribution in [0.1, 0.15) is 10.5 Å². The number of nitrogens with zero attached hydrogens (tertiary/aromatic N) is 2. The zero-order chi connectivity index (χ0) is 11.7. The van der Waals surface area contributed by atoms with Crippen molar-refractivity contribution in [1.29, 1.82) is 0 Å². The second-order valence-electron chi connectivity index (χ2n) is 3.01. The summed E-state index contributed by atoms with van der Waals surface area (Å²) in [5.41, 5.74) is 6.19. The lowest BCUT2D eigenvalue weighted by atomic mass is 10.1. The predicted octanol–water partition coefficient (Wildman–Crippen LogP) is 1.88. The van der Waals surface area contributed by atoms with Crippen molar-refractivity contribution in [3.8, 4) is 11.3 Å². The monoisotopic (exact) mass is 256 g/mol. The molecule has 0 aliphatic heterocycles. The van der Waals surface area contributed by atoms with Crippen LogP contribution in [0, 0.1) is 0 Å². The number of nitrogens with one attached hydrogen (secondary N) is 1. The van der Waals surface area contributed by atoms with Crippen molar-refractivity contribution >= 4 is 29.1 Å². The lowest BCUT2D eigenvalue weighted by Crippen LogP contribution is -2.12. The van der Waals surface area contributed by atoms with Crippen LogP contribution in [0.2, 0.25) is 10.0 Å². The van der Waals surface area contributed by atoms with Crippen LogP contribution in [0.25, 0.3) is 11.3 Å². The van der Waals surface area contributed by atoms with Gasteiger partial charge in [-0.05, 0) is 12.1 Å². The summed E-state index contributed by atoms with van der Waals surface area (Å²) < 4.78 is 0. The van der Waals surface area contributed by atoms with Gasteiger partial charge in [0.25, 0.3) is 5.91 Å². The fourth-order valence-corrected chi connectivity index (χ4v) is 1.55. The van der Waals surface area contributed by atoms with Gasteiger partial charge in [-0.15, -0.1) is 0 Å². The standard InChI is InChI=1S/C9H6Cl2N4O/c10-5-2-1-4(3-6(5)11)7-8(9(12)16)14-15-13-7/h1-3H,(H2,12,16)(H,13,14,15). The molecule has 1 amide bonds. The van der Waals surface area contributed by atoms with E-state index < -0.39 is 5.91 Å². The van der Waals surface area contributed by atoms with Crippen molar-refractivity contribution in [3.05, 3.63) is 33.9 Å². The summed E-state index contributed by atoms with van der Waals surface area (Å²) in [6.45, 7) is 0. The van der Waals surface area contributed by atoms with E-state index in [1.807, 2.05) is 0 Å². The number of halogens is 2. The highest BCUT2D eigenvalue weighted by atomic mass is 35.5. The van der Waals surface area contributed by atoms with E-state index in [-0.39, 0.29) is 5.69 Å². The Bertz CT molecular complexity index is 552. The maximum atomic E-state index is 11.0. The van der Waals surface area contributed by atoms with Gasteiger partial charge in [0, 0.05) is 5.56 Å². The smallest absolute Gasteiger partial charge is 0.271 e. The molecule has 5 nitrogen and oxygen atoms in total. The van der Waals surface area contributed by atoms with Crippen molar-refractivity contribution in [3.63, 3.8) is 0 Å².